The Morgan fingerprint density at radius 1 is 1.03 bits per heavy atom. The van der Waals surface area contributed by atoms with Crippen LogP contribution in [0.4, 0.5) is 11.5 Å². The van der Waals surface area contributed by atoms with E-state index in [1.165, 1.54) is 0 Å². The number of fused-ring (bicyclic) bond motifs is 1. The van der Waals surface area contributed by atoms with Crippen molar-refractivity contribution in [1.82, 2.24) is 9.97 Å². The van der Waals surface area contributed by atoms with E-state index in [0.717, 1.165) is 52.4 Å². The van der Waals surface area contributed by atoms with E-state index in [0.29, 0.717) is 24.2 Å². The maximum Gasteiger partial charge on any atom is 0.134 e. The van der Waals surface area contributed by atoms with E-state index in [1.807, 2.05) is 50.2 Å². The highest BCUT2D eigenvalue weighted by Crippen LogP contribution is 2.29. The molecular formula is C24H22N6. The second-order valence-electron chi connectivity index (χ2n) is 7.57. The van der Waals surface area contributed by atoms with Crippen molar-refractivity contribution in [3.8, 4) is 12.1 Å². The Balaban J connectivity index is 1.58. The Morgan fingerprint density at radius 3 is 2.67 bits per heavy atom. The first-order valence-corrected chi connectivity index (χ1v) is 9.91. The fourth-order valence-corrected chi connectivity index (χ4v) is 3.80. The minimum Gasteiger partial charge on any atom is -0.366 e. The van der Waals surface area contributed by atoms with Crippen molar-refractivity contribution >= 4 is 11.5 Å². The number of nitriles is 2. The molecule has 30 heavy (non-hydrogen) atoms. The molecule has 148 valence electrons. The topological polar surface area (TPSA) is 88.6 Å². The molecule has 0 bridgehead atoms. The van der Waals surface area contributed by atoms with Crippen molar-refractivity contribution in [3.63, 3.8) is 0 Å². The van der Waals surface area contributed by atoms with Crippen LogP contribution in [0.3, 0.4) is 0 Å². The van der Waals surface area contributed by atoms with Crippen molar-refractivity contribution in [1.29, 1.82) is 10.5 Å². The van der Waals surface area contributed by atoms with Crippen molar-refractivity contribution in [2.75, 3.05) is 16.8 Å². The van der Waals surface area contributed by atoms with Crippen LogP contribution in [0.2, 0.25) is 0 Å². The Labute approximate surface area is 176 Å². The monoisotopic (exact) mass is 394 g/mol. The fourth-order valence-electron chi connectivity index (χ4n) is 3.80. The zero-order valence-electron chi connectivity index (χ0n) is 17.1. The van der Waals surface area contributed by atoms with Gasteiger partial charge in [-0.05, 0) is 48.7 Å². The molecule has 0 atom stereocenters. The SMILES string of the molecule is Cc1ccc(N2CCc3ncnc(NCc4ccc(C)c(C#N)c4)c3C2)c(C#N)c1. The molecule has 0 amide bonds. The summed E-state index contributed by atoms with van der Waals surface area (Å²) in [7, 11) is 0. The van der Waals surface area contributed by atoms with Crippen molar-refractivity contribution < 1.29 is 0 Å². The van der Waals surface area contributed by atoms with Crippen LogP contribution in [0, 0.1) is 36.5 Å². The molecule has 0 spiro atoms. The second-order valence-corrected chi connectivity index (χ2v) is 7.57. The normalized spacial score (nSPS) is 12.6. The van der Waals surface area contributed by atoms with Gasteiger partial charge in [0, 0.05) is 31.6 Å². The Hall–Kier alpha value is -3.90. The van der Waals surface area contributed by atoms with E-state index in [4.69, 9.17) is 0 Å². The molecule has 1 N–H and O–H groups in total. The summed E-state index contributed by atoms with van der Waals surface area (Å²) in [6.45, 7) is 5.96. The molecule has 1 aliphatic heterocycles. The smallest absolute Gasteiger partial charge is 0.134 e. The van der Waals surface area contributed by atoms with E-state index < -0.39 is 0 Å². The lowest BCUT2D eigenvalue weighted by Crippen LogP contribution is -2.32. The van der Waals surface area contributed by atoms with Crippen LogP contribution in [-0.4, -0.2) is 16.5 Å². The molecule has 4 rings (SSSR count). The lowest BCUT2D eigenvalue weighted by Gasteiger charge is -2.31. The van der Waals surface area contributed by atoms with Crippen molar-refractivity contribution in [2.24, 2.45) is 0 Å². The summed E-state index contributed by atoms with van der Waals surface area (Å²) in [4.78, 5) is 11.2. The van der Waals surface area contributed by atoms with E-state index in [1.54, 1.807) is 6.33 Å². The van der Waals surface area contributed by atoms with Gasteiger partial charge in [0.15, 0.2) is 0 Å². The molecule has 1 aromatic heterocycles. The van der Waals surface area contributed by atoms with E-state index in [2.05, 4.69) is 32.3 Å². The second kappa shape index (κ2) is 8.23. The number of nitrogens with zero attached hydrogens (tertiary/aromatic N) is 5. The van der Waals surface area contributed by atoms with Crippen LogP contribution in [0.25, 0.3) is 0 Å². The molecule has 0 aliphatic carbocycles. The highest BCUT2D eigenvalue weighted by atomic mass is 15.2. The van der Waals surface area contributed by atoms with Gasteiger partial charge in [-0.25, -0.2) is 9.97 Å². The predicted molar refractivity (Wildman–Crippen MR) is 116 cm³/mol. The van der Waals surface area contributed by atoms with Gasteiger partial charge in [0.1, 0.15) is 18.2 Å². The van der Waals surface area contributed by atoms with Gasteiger partial charge in [0.2, 0.25) is 0 Å². The number of anilines is 2. The maximum absolute atomic E-state index is 9.56. The van der Waals surface area contributed by atoms with Crippen LogP contribution < -0.4 is 10.2 Å². The highest BCUT2D eigenvalue weighted by Gasteiger charge is 2.23. The lowest BCUT2D eigenvalue weighted by atomic mass is 10.0. The molecule has 0 saturated heterocycles. The zero-order chi connectivity index (χ0) is 21.1. The van der Waals surface area contributed by atoms with Gasteiger partial charge in [-0.15, -0.1) is 0 Å². The van der Waals surface area contributed by atoms with Crippen LogP contribution in [-0.2, 0) is 19.5 Å². The molecule has 1 aliphatic rings. The molecular weight excluding hydrogens is 372 g/mol. The zero-order valence-corrected chi connectivity index (χ0v) is 17.1. The molecule has 0 radical (unpaired) electrons. The number of aryl methyl sites for hydroxylation is 2. The van der Waals surface area contributed by atoms with Gasteiger partial charge >= 0.3 is 0 Å². The van der Waals surface area contributed by atoms with Crippen molar-refractivity contribution in [2.45, 2.75) is 33.4 Å². The first-order chi connectivity index (χ1) is 14.6. The number of rotatable bonds is 4. The highest BCUT2D eigenvalue weighted by molar-refractivity contribution is 5.62. The van der Waals surface area contributed by atoms with Crippen molar-refractivity contribution in [3.05, 3.63) is 81.8 Å². The number of nitrogens with one attached hydrogen (secondary N) is 1. The Kier molecular flexibility index (Phi) is 5.32. The maximum atomic E-state index is 9.56. The first kappa shape index (κ1) is 19.4. The predicted octanol–water partition coefficient (Wildman–Crippen LogP) is 4.01. The summed E-state index contributed by atoms with van der Waals surface area (Å²) < 4.78 is 0. The third kappa shape index (κ3) is 3.81. The van der Waals surface area contributed by atoms with Gasteiger partial charge in [-0.2, -0.15) is 10.5 Å². The third-order valence-electron chi connectivity index (χ3n) is 5.50. The largest absolute Gasteiger partial charge is 0.366 e. The molecule has 3 aromatic rings. The van der Waals surface area contributed by atoms with Gasteiger partial charge in [0.25, 0.3) is 0 Å². The number of hydrogen-bond acceptors (Lipinski definition) is 6. The number of benzene rings is 2. The molecule has 2 heterocycles. The number of hydrogen-bond donors (Lipinski definition) is 1. The van der Waals surface area contributed by atoms with E-state index in [9.17, 15) is 10.5 Å². The molecule has 0 saturated carbocycles. The quantitative estimate of drug-likeness (QED) is 0.719. The van der Waals surface area contributed by atoms with Crippen LogP contribution in [0.15, 0.2) is 42.7 Å². The fraction of sp³-hybridized carbons (Fsp3) is 0.250. The molecule has 0 fully saturated rings. The minimum absolute atomic E-state index is 0.576. The summed E-state index contributed by atoms with van der Waals surface area (Å²) in [5.74, 6) is 0.800. The Morgan fingerprint density at radius 2 is 1.87 bits per heavy atom. The average molecular weight is 394 g/mol. The van der Waals surface area contributed by atoms with Gasteiger partial charge in [-0.1, -0.05) is 18.2 Å². The van der Waals surface area contributed by atoms with E-state index in [-0.39, 0.29) is 0 Å². The molecule has 0 unspecified atom stereocenters. The standard InChI is InChI=1S/C24H22N6/c1-16-3-6-23(20(9-16)12-26)30-8-7-22-21(14-30)24(29-15-28-22)27-13-18-5-4-17(2)19(10-18)11-25/h3-6,9-10,15H,7-8,13-14H2,1-2H3,(H,27,28,29). The van der Waals surface area contributed by atoms with Gasteiger partial charge < -0.3 is 10.2 Å². The summed E-state index contributed by atoms with van der Waals surface area (Å²) >= 11 is 0. The molecule has 2 aromatic carbocycles. The Bertz CT molecular complexity index is 1190. The minimum atomic E-state index is 0.576. The summed E-state index contributed by atoms with van der Waals surface area (Å²) in [6, 6.07) is 16.4. The average Bonchev–Trinajstić information content (AvgIpc) is 2.78. The molecule has 6 heteroatoms. The summed E-state index contributed by atoms with van der Waals surface area (Å²) in [5, 5.41) is 22.2. The first-order valence-electron chi connectivity index (χ1n) is 9.91. The molecule has 6 nitrogen and oxygen atoms in total. The van der Waals surface area contributed by atoms with Crippen LogP contribution >= 0.6 is 0 Å². The van der Waals surface area contributed by atoms with Crippen LogP contribution in [0.1, 0.15) is 39.1 Å². The summed E-state index contributed by atoms with van der Waals surface area (Å²) in [6.07, 6.45) is 2.40. The van der Waals surface area contributed by atoms with E-state index >= 15 is 0 Å². The van der Waals surface area contributed by atoms with Gasteiger partial charge in [0.05, 0.1) is 28.6 Å². The number of aromatic nitrogens is 2. The van der Waals surface area contributed by atoms with Crippen LogP contribution in [0.5, 0.6) is 0 Å². The summed E-state index contributed by atoms with van der Waals surface area (Å²) in [5.41, 5.74) is 7.50. The van der Waals surface area contributed by atoms with Gasteiger partial charge in [-0.3, -0.25) is 0 Å². The lowest BCUT2D eigenvalue weighted by molar-refractivity contribution is 0.705. The third-order valence-corrected chi connectivity index (χ3v) is 5.50.